The average Bonchev–Trinajstić information content (AvgIpc) is 2.97. The second-order valence-corrected chi connectivity index (χ2v) is 7.82. The molecule has 0 saturated carbocycles. The van der Waals surface area contributed by atoms with Gasteiger partial charge in [-0.15, -0.1) is 11.3 Å². The third-order valence-corrected chi connectivity index (χ3v) is 5.91. The fraction of sp³-hybridized carbons (Fsp3) is 0.316. The summed E-state index contributed by atoms with van der Waals surface area (Å²) in [5.74, 6) is -0.358. The predicted octanol–water partition coefficient (Wildman–Crippen LogP) is 3.36. The molecule has 0 bridgehead atoms. The van der Waals surface area contributed by atoms with E-state index in [4.69, 9.17) is 0 Å². The molecule has 0 unspecified atom stereocenters. The zero-order valence-corrected chi connectivity index (χ0v) is 15.1. The van der Waals surface area contributed by atoms with Crippen LogP contribution < -0.4 is 10.9 Å². The predicted molar refractivity (Wildman–Crippen MR) is 100 cm³/mol. The van der Waals surface area contributed by atoms with E-state index in [1.165, 1.54) is 27.9 Å². The Morgan fingerprint density at radius 1 is 1.42 bits per heavy atom. The van der Waals surface area contributed by atoms with Crippen molar-refractivity contribution in [1.29, 1.82) is 0 Å². The van der Waals surface area contributed by atoms with Gasteiger partial charge in [0, 0.05) is 4.88 Å². The van der Waals surface area contributed by atoms with Crippen molar-refractivity contribution < 1.29 is 9.18 Å². The van der Waals surface area contributed by atoms with Crippen molar-refractivity contribution in [3.8, 4) is 0 Å². The number of carbonyl (C=O) groups is 1. The molecule has 26 heavy (non-hydrogen) atoms. The summed E-state index contributed by atoms with van der Waals surface area (Å²) in [5, 5.41) is 3.13. The van der Waals surface area contributed by atoms with Crippen LogP contribution in [0.3, 0.4) is 0 Å². The van der Waals surface area contributed by atoms with Crippen molar-refractivity contribution in [2.75, 3.05) is 5.32 Å². The van der Waals surface area contributed by atoms with Crippen LogP contribution in [0.25, 0.3) is 10.2 Å². The zero-order chi connectivity index (χ0) is 18.3. The lowest BCUT2D eigenvalue weighted by atomic mass is 9.89. The molecular weight excluding hydrogens is 353 g/mol. The third kappa shape index (κ3) is 3.03. The van der Waals surface area contributed by atoms with E-state index >= 15 is 0 Å². The van der Waals surface area contributed by atoms with Crippen LogP contribution in [0.4, 0.5) is 10.1 Å². The summed E-state index contributed by atoms with van der Waals surface area (Å²) >= 11 is 1.58. The van der Waals surface area contributed by atoms with Gasteiger partial charge < -0.3 is 5.32 Å². The molecule has 2 aromatic heterocycles. The molecule has 134 valence electrons. The maximum absolute atomic E-state index is 13.7. The SMILES string of the molecule is C[C@H]1CCc2c(sc3ncn(CC(=O)Nc4ccccc4F)c(=O)c23)C1. The quantitative estimate of drug-likeness (QED) is 0.768. The molecular formula is C19H18FN3O2S. The molecule has 0 saturated heterocycles. The van der Waals surface area contributed by atoms with E-state index < -0.39 is 11.7 Å². The monoisotopic (exact) mass is 371 g/mol. The van der Waals surface area contributed by atoms with Crippen molar-refractivity contribution in [2.45, 2.75) is 32.7 Å². The number of halogens is 1. The fourth-order valence-corrected chi connectivity index (χ4v) is 4.73. The van der Waals surface area contributed by atoms with E-state index in [1.807, 2.05) is 0 Å². The van der Waals surface area contributed by atoms with Gasteiger partial charge in [-0.1, -0.05) is 19.1 Å². The first-order chi connectivity index (χ1) is 12.5. The van der Waals surface area contributed by atoms with Crippen molar-refractivity contribution in [3.05, 3.63) is 57.2 Å². The molecule has 0 radical (unpaired) electrons. The molecule has 1 amide bonds. The van der Waals surface area contributed by atoms with Crippen molar-refractivity contribution >= 4 is 33.1 Å². The van der Waals surface area contributed by atoms with Crippen LogP contribution in [0.15, 0.2) is 35.4 Å². The Labute approximate surface area is 153 Å². The Hall–Kier alpha value is -2.54. The molecule has 1 aliphatic rings. The Morgan fingerprint density at radius 3 is 3.04 bits per heavy atom. The van der Waals surface area contributed by atoms with Crippen LogP contribution in [0, 0.1) is 11.7 Å². The number of thiophene rings is 1. The van der Waals surface area contributed by atoms with Gasteiger partial charge in [0.15, 0.2) is 0 Å². The molecule has 5 nitrogen and oxygen atoms in total. The van der Waals surface area contributed by atoms with E-state index in [0.717, 1.165) is 29.7 Å². The zero-order valence-electron chi connectivity index (χ0n) is 14.3. The summed E-state index contributed by atoms with van der Waals surface area (Å²) < 4.78 is 15.0. The largest absolute Gasteiger partial charge is 0.322 e. The van der Waals surface area contributed by atoms with Crippen LogP contribution in [0.5, 0.6) is 0 Å². The summed E-state index contributed by atoms with van der Waals surface area (Å²) in [6.45, 7) is 2.02. The standard InChI is InChI=1S/C19H18FN3O2S/c1-11-6-7-12-15(8-11)26-18-17(12)19(25)23(10-21-18)9-16(24)22-14-5-3-2-4-13(14)20/h2-5,10-11H,6-9H2,1H3,(H,22,24)/t11-/m0/s1. The number of hydrogen-bond donors (Lipinski definition) is 1. The second kappa shape index (κ2) is 6.64. The van der Waals surface area contributed by atoms with Gasteiger partial charge in [0.1, 0.15) is 17.2 Å². The van der Waals surface area contributed by atoms with Crippen LogP contribution in [0.1, 0.15) is 23.8 Å². The normalized spacial score (nSPS) is 16.5. The van der Waals surface area contributed by atoms with Gasteiger partial charge in [-0.05, 0) is 42.9 Å². The molecule has 0 spiro atoms. The summed E-state index contributed by atoms with van der Waals surface area (Å²) in [6, 6.07) is 5.94. The van der Waals surface area contributed by atoms with Crippen molar-refractivity contribution in [3.63, 3.8) is 0 Å². The van der Waals surface area contributed by atoms with Crippen LogP contribution in [-0.2, 0) is 24.2 Å². The highest BCUT2D eigenvalue weighted by molar-refractivity contribution is 7.18. The van der Waals surface area contributed by atoms with Crippen LogP contribution >= 0.6 is 11.3 Å². The molecule has 4 rings (SSSR count). The molecule has 1 atom stereocenters. The van der Waals surface area contributed by atoms with Crippen LogP contribution in [0.2, 0.25) is 0 Å². The van der Waals surface area contributed by atoms with Gasteiger partial charge in [0.2, 0.25) is 5.91 Å². The summed E-state index contributed by atoms with van der Waals surface area (Å²) in [4.78, 5) is 31.4. The number of amides is 1. The molecule has 1 N–H and O–H groups in total. The number of nitrogens with zero attached hydrogens (tertiary/aromatic N) is 2. The number of hydrogen-bond acceptors (Lipinski definition) is 4. The minimum Gasteiger partial charge on any atom is -0.322 e. The van der Waals surface area contributed by atoms with Gasteiger partial charge in [-0.2, -0.15) is 0 Å². The number of aryl methyl sites for hydroxylation is 1. The van der Waals surface area contributed by atoms with Gasteiger partial charge in [-0.25, -0.2) is 9.37 Å². The summed E-state index contributed by atoms with van der Waals surface area (Å²) in [7, 11) is 0. The van der Waals surface area contributed by atoms with E-state index in [-0.39, 0.29) is 17.8 Å². The molecule has 1 aliphatic carbocycles. The lowest BCUT2D eigenvalue weighted by Gasteiger charge is -2.17. The smallest absolute Gasteiger partial charge is 0.262 e. The van der Waals surface area contributed by atoms with E-state index in [9.17, 15) is 14.0 Å². The summed E-state index contributed by atoms with van der Waals surface area (Å²) in [6.07, 6.45) is 4.31. The maximum atomic E-state index is 13.7. The number of para-hydroxylation sites is 1. The van der Waals surface area contributed by atoms with Gasteiger partial charge in [0.25, 0.3) is 5.56 Å². The lowest BCUT2D eigenvalue weighted by molar-refractivity contribution is -0.116. The minimum absolute atomic E-state index is 0.0986. The topological polar surface area (TPSA) is 64.0 Å². The average molecular weight is 371 g/mol. The molecule has 7 heteroatoms. The number of nitrogens with one attached hydrogen (secondary N) is 1. The number of aromatic nitrogens is 2. The number of anilines is 1. The Balaban J connectivity index is 1.63. The molecule has 0 fully saturated rings. The number of rotatable bonds is 3. The number of fused-ring (bicyclic) bond motifs is 3. The first-order valence-electron chi connectivity index (χ1n) is 8.57. The van der Waals surface area contributed by atoms with Crippen LogP contribution in [-0.4, -0.2) is 15.5 Å². The molecule has 3 aromatic rings. The highest BCUT2D eigenvalue weighted by atomic mass is 32.1. The number of carbonyl (C=O) groups excluding carboxylic acids is 1. The van der Waals surface area contributed by atoms with Gasteiger partial charge in [-0.3, -0.25) is 14.2 Å². The van der Waals surface area contributed by atoms with E-state index in [0.29, 0.717) is 11.3 Å². The van der Waals surface area contributed by atoms with E-state index in [1.54, 1.807) is 23.5 Å². The Morgan fingerprint density at radius 2 is 2.23 bits per heavy atom. The lowest BCUT2D eigenvalue weighted by Crippen LogP contribution is -2.28. The van der Waals surface area contributed by atoms with Crippen molar-refractivity contribution in [1.82, 2.24) is 9.55 Å². The molecule has 1 aromatic carbocycles. The molecule has 2 heterocycles. The first-order valence-corrected chi connectivity index (χ1v) is 9.38. The number of benzene rings is 1. The van der Waals surface area contributed by atoms with Gasteiger partial charge >= 0.3 is 0 Å². The van der Waals surface area contributed by atoms with Gasteiger partial charge in [0.05, 0.1) is 17.4 Å². The van der Waals surface area contributed by atoms with Crippen molar-refractivity contribution in [2.24, 2.45) is 5.92 Å². The fourth-order valence-electron chi connectivity index (χ4n) is 3.39. The highest BCUT2D eigenvalue weighted by Crippen LogP contribution is 2.35. The second-order valence-electron chi connectivity index (χ2n) is 6.74. The van der Waals surface area contributed by atoms with E-state index in [2.05, 4.69) is 17.2 Å². The molecule has 0 aliphatic heterocycles. The maximum Gasteiger partial charge on any atom is 0.262 e. The third-order valence-electron chi connectivity index (χ3n) is 4.74. The minimum atomic E-state index is -0.511. The first kappa shape index (κ1) is 16.9. The Kier molecular flexibility index (Phi) is 4.32. The highest BCUT2D eigenvalue weighted by Gasteiger charge is 2.23. The Bertz CT molecular complexity index is 1060. The summed E-state index contributed by atoms with van der Waals surface area (Å²) in [5.41, 5.74) is 0.983.